The Hall–Kier alpha value is -1.53. The van der Waals surface area contributed by atoms with Gasteiger partial charge in [0.25, 0.3) is 0 Å². The van der Waals surface area contributed by atoms with E-state index >= 15 is 0 Å². The molecule has 1 aromatic carbocycles. The summed E-state index contributed by atoms with van der Waals surface area (Å²) >= 11 is 0. The van der Waals surface area contributed by atoms with E-state index in [0.29, 0.717) is 11.7 Å². The lowest BCUT2D eigenvalue weighted by atomic mass is 9.98. The highest BCUT2D eigenvalue weighted by atomic mass is 16.5. The van der Waals surface area contributed by atoms with Crippen molar-refractivity contribution in [2.75, 3.05) is 11.9 Å². The Kier molecular flexibility index (Phi) is 3.44. The second kappa shape index (κ2) is 5.22. The van der Waals surface area contributed by atoms with Gasteiger partial charge in [0.2, 0.25) is 0 Å². The first kappa shape index (κ1) is 12.5. The third-order valence-corrected chi connectivity index (χ3v) is 4.40. The molecule has 1 unspecified atom stereocenters. The molecule has 0 aromatic heterocycles. The van der Waals surface area contributed by atoms with Gasteiger partial charge in [0, 0.05) is 12.2 Å². The van der Waals surface area contributed by atoms with E-state index in [9.17, 15) is 0 Å². The number of benzene rings is 1. The van der Waals surface area contributed by atoms with Crippen LogP contribution in [0.25, 0.3) is 0 Å². The summed E-state index contributed by atoms with van der Waals surface area (Å²) in [6.45, 7) is 0.869. The first-order valence-electron chi connectivity index (χ1n) is 7.22. The first-order chi connectivity index (χ1) is 9.30. The van der Waals surface area contributed by atoms with Gasteiger partial charge in [-0.1, -0.05) is 12.8 Å². The van der Waals surface area contributed by atoms with E-state index < -0.39 is 0 Å². The van der Waals surface area contributed by atoms with Crippen molar-refractivity contribution in [1.82, 2.24) is 0 Å². The van der Waals surface area contributed by atoms with Gasteiger partial charge in [0.05, 0.1) is 23.3 Å². The fourth-order valence-electron chi connectivity index (χ4n) is 3.32. The van der Waals surface area contributed by atoms with Crippen LogP contribution in [0, 0.1) is 11.3 Å². The molecule has 1 N–H and O–H groups in total. The van der Waals surface area contributed by atoms with E-state index in [-0.39, 0.29) is 5.60 Å². The Labute approximate surface area is 114 Å². The molecular weight excluding hydrogens is 236 g/mol. The van der Waals surface area contributed by atoms with Crippen molar-refractivity contribution in [1.29, 1.82) is 5.26 Å². The number of hydrogen-bond donors (Lipinski definition) is 1. The van der Waals surface area contributed by atoms with Gasteiger partial charge in [-0.05, 0) is 49.9 Å². The normalized spacial score (nSPS) is 24.5. The Bertz CT molecular complexity index is 469. The summed E-state index contributed by atoms with van der Waals surface area (Å²) < 4.78 is 6.26. The predicted octanol–water partition coefficient (Wildman–Crippen LogP) is 3.46. The third kappa shape index (κ3) is 2.74. The van der Waals surface area contributed by atoms with Gasteiger partial charge < -0.3 is 10.1 Å². The van der Waals surface area contributed by atoms with Crippen LogP contribution in [-0.4, -0.2) is 18.2 Å². The molecule has 1 aromatic rings. The molecule has 1 spiro atoms. The van der Waals surface area contributed by atoms with Gasteiger partial charge in [-0.2, -0.15) is 5.26 Å². The lowest BCUT2D eigenvalue weighted by Crippen LogP contribution is -2.27. The number of nitrogens with one attached hydrogen (secondary N) is 1. The second-order valence-corrected chi connectivity index (χ2v) is 5.74. The molecule has 0 radical (unpaired) electrons. The van der Waals surface area contributed by atoms with Crippen LogP contribution < -0.4 is 5.32 Å². The maximum absolute atomic E-state index is 8.76. The van der Waals surface area contributed by atoms with E-state index in [1.807, 2.05) is 24.3 Å². The Morgan fingerprint density at radius 3 is 2.63 bits per heavy atom. The Morgan fingerprint density at radius 1 is 1.21 bits per heavy atom. The van der Waals surface area contributed by atoms with Crippen molar-refractivity contribution >= 4 is 5.69 Å². The minimum absolute atomic E-state index is 0.219. The zero-order valence-electron chi connectivity index (χ0n) is 11.2. The van der Waals surface area contributed by atoms with Gasteiger partial charge in [-0.15, -0.1) is 0 Å². The number of nitrogens with zero attached hydrogens (tertiary/aromatic N) is 1. The number of anilines is 1. The smallest absolute Gasteiger partial charge is 0.0991 e. The van der Waals surface area contributed by atoms with Crippen LogP contribution in [0.1, 0.15) is 44.1 Å². The van der Waals surface area contributed by atoms with Gasteiger partial charge in [-0.25, -0.2) is 0 Å². The standard InChI is InChI=1S/C16H20N2O/c17-11-13-3-5-14(6-4-13)18-12-15-7-10-16(19-15)8-1-2-9-16/h3-6,15,18H,1-2,7-10,12H2. The van der Waals surface area contributed by atoms with Crippen LogP contribution >= 0.6 is 0 Å². The van der Waals surface area contributed by atoms with Crippen molar-refractivity contribution in [2.24, 2.45) is 0 Å². The lowest BCUT2D eigenvalue weighted by molar-refractivity contribution is -0.0307. The van der Waals surface area contributed by atoms with Crippen molar-refractivity contribution in [3.8, 4) is 6.07 Å². The largest absolute Gasteiger partial charge is 0.382 e. The van der Waals surface area contributed by atoms with E-state index in [2.05, 4.69) is 11.4 Å². The average Bonchev–Trinajstić information content (AvgIpc) is 3.08. The molecule has 1 saturated carbocycles. The molecule has 3 rings (SSSR count). The van der Waals surface area contributed by atoms with Gasteiger partial charge >= 0.3 is 0 Å². The molecule has 1 atom stereocenters. The minimum Gasteiger partial charge on any atom is -0.382 e. The van der Waals surface area contributed by atoms with Gasteiger partial charge in [0.1, 0.15) is 0 Å². The average molecular weight is 256 g/mol. The monoisotopic (exact) mass is 256 g/mol. The summed E-state index contributed by atoms with van der Waals surface area (Å²) in [6, 6.07) is 9.73. The van der Waals surface area contributed by atoms with Crippen LogP contribution in [0.2, 0.25) is 0 Å². The molecule has 1 saturated heterocycles. The summed E-state index contributed by atoms with van der Waals surface area (Å²) in [6.07, 6.45) is 7.90. The fourth-order valence-corrected chi connectivity index (χ4v) is 3.32. The van der Waals surface area contributed by atoms with Crippen LogP contribution in [0.3, 0.4) is 0 Å². The van der Waals surface area contributed by atoms with Crippen LogP contribution in [-0.2, 0) is 4.74 Å². The maximum Gasteiger partial charge on any atom is 0.0991 e. The highest BCUT2D eigenvalue weighted by molar-refractivity contribution is 5.47. The number of rotatable bonds is 3. The molecule has 2 fully saturated rings. The molecule has 0 bridgehead atoms. The van der Waals surface area contributed by atoms with E-state index in [1.165, 1.54) is 38.5 Å². The zero-order valence-corrected chi connectivity index (χ0v) is 11.2. The molecule has 2 aliphatic rings. The molecule has 1 heterocycles. The molecule has 3 heteroatoms. The molecule has 1 aliphatic carbocycles. The quantitative estimate of drug-likeness (QED) is 0.900. The van der Waals surface area contributed by atoms with Gasteiger partial charge in [-0.3, -0.25) is 0 Å². The Morgan fingerprint density at radius 2 is 1.95 bits per heavy atom. The van der Waals surface area contributed by atoms with Gasteiger partial charge in [0.15, 0.2) is 0 Å². The van der Waals surface area contributed by atoms with Crippen molar-refractivity contribution < 1.29 is 4.74 Å². The zero-order chi connectivity index (χ0) is 13.1. The van der Waals surface area contributed by atoms with E-state index in [4.69, 9.17) is 10.00 Å². The molecule has 1 aliphatic heterocycles. The SMILES string of the molecule is N#Cc1ccc(NCC2CCC3(CCCC3)O2)cc1. The number of ether oxygens (including phenoxy) is 1. The van der Waals surface area contributed by atoms with E-state index in [0.717, 1.165) is 12.2 Å². The molecule has 0 amide bonds. The van der Waals surface area contributed by atoms with Crippen molar-refractivity contribution in [3.63, 3.8) is 0 Å². The highest BCUT2D eigenvalue weighted by Gasteiger charge is 2.41. The minimum atomic E-state index is 0.219. The molecule has 100 valence electrons. The number of nitriles is 1. The summed E-state index contributed by atoms with van der Waals surface area (Å²) in [5.74, 6) is 0. The lowest BCUT2D eigenvalue weighted by Gasteiger charge is -2.24. The van der Waals surface area contributed by atoms with Crippen molar-refractivity contribution in [2.45, 2.75) is 50.2 Å². The first-order valence-corrected chi connectivity index (χ1v) is 7.22. The third-order valence-electron chi connectivity index (χ3n) is 4.40. The fraction of sp³-hybridized carbons (Fsp3) is 0.562. The van der Waals surface area contributed by atoms with Crippen LogP contribution in [0.15, 0.2) is 24.3 Å². The topological polar surface area (TPSA) is 45.0 Å². The van der Waals surface area contributed by atoms with E-state index in [1.54, 1.807) is 0 Å². The number of hydrogen-bond acceptors (Lipinski definition) is 3. The second-order valence-electron chi connectivity index (χ2n) is 5.74. The predicted molar refractivity (Wildman–Crippen MR) is 75.0 cm³/mol. The van der Waals surface area contributed by atoms with Crippen LogP contribution in [0.5, 0.6) is 0 Å². The molecule has 3 nitrogen and oxygen atoms in total. The summed E-state index contributed by atoms with van der Waals surface area (Å²) in [7, 11) is 0. The molecular formula is C16H20N2O. The van der Waals surface area contributed by atoms with Crippen molar-refractivity contribution in [3.05, 3.63) is 29.8 Å². The highest BCUT2D eigenvalue weighted by Crippen LogP contribution is 2.43. The summed E-state index contributed by atoms with van der Waals surface area (Å²) in [5, 5.41) is 12.2. The summed E-state index contributed by atoms with van der Waals surface area (Å²) in [5.41, 5.74) is 1.99. The van der Waals surface area contributed by atoms with Crippen LogP contribution in [0.4, 0.5) is 5.69 Å². The molecule has 19 heavy (non-hydrogen) atoms. The Balaban J connectivity index is 1.51. The summed E-state index contributed by atoms with van der Waals surface area (Å²) in [4.78, 5) is 0. The maximum atomic E-state index is 8.76.